The second-order valence-corrected chi connectivity index (χ2v) is 7.10. The molecule has 7 heteroatoms. The molecule has 0 spiro atoms. The van der Waals surface area contributed by atoms with Crippen molar-refractivity contribution in [3.05, 3.63) is 40.6 Å². The number of ether oxygens (including phenoxy) is 2. The summed E-state index contributed by atoms with van der Waals surface area (Å²) in [5.41, 5.74) is 0.739. The van der Waals surface area contributed by atoms with Crippen LogP contribution >= 0.6 is 11.3 Å². The van der Waals surface area contributed by atoms with E-state index in [0.717, 1.165) is 12.1 Å². The molecule has 0 aliphatic carbocycles. The number of hydrogen-bond acceptors (Lipinski definition) is 5. The van der Waals surface area contributed by atoms with Crippen LogP contribution in [0.15, 0.2) is 35.7 Å². The Bertz CT molecular complexity index is 790. The molecule has 1 aromatic carbocycles. The first-order chi connectivity index (χ1) is 12.2. The molecule has 1 aromatic heterocycles. The minimum Gasteiger partial charge on any atom is -0.454 e. The fraction of sp³-hybridized carbons (Fsp3) is 0.333. The Morgan fingerprint density at radius 1 is 1.28 bits per heavy atom. The van der Waals surface area contributed by atoms with Gasteiger partial charge in [-0.05, 0) is 30.0 Å². The Hall–Kier alpha value is -2.54. The summed E-state index contributed by atoms with van der Waals surface area (Å²) in [6.45, 7) is 1.18. The first kappa shape index (κ1) is 16.0. The normalized spacial score (nSPS) is 18.6. The van der Waals surface area contributed by atoms with Crippen LogP contribution < -0.4 is 19.7 Å². The molecule has 6 nitrogen and oxygen atoms in total. The lowest BCUT2D eigenvalue weighted by Gasteiger charge is -2.17. The van der Waals surface area contributed by atoms with Gasteiger partial charge in [0.15, 0.2) is 11.5 Å². The Morgan fingerprint density at radius 2 is 2.16 bits per heavy atom. The highest BCUT2D eigenvalue weighted by Gasteiger charge is 2.35. The number of carbonyl (C=O) groups is 2. The monoisotopic (exact) mass is 358 g/mol. The summed E-state index contributed by atoms with van der Waals surface area (Å²) in [6, 6.07) is 9.46. The number of fused-ring (bicyclic) bond motifs is 1. The molecule has 1 fully saturated rings. The molecule has 2 amide bonds. The van der Waals surface area contributed by atoms with Crippen molar-refractivity contribution >= 4 is 28.8 Å². The second-order valence-electron chi connectivity index (χ2n) is 6.06. The van der Waals surface area contributed by atoms with Gasteiger partial charge in [-0.3, -0.25) is 9.59 Å². The van der Waals surface area contributed by atoms with Crippen LogP contribution in [0.25, 0.3) is 0 Å². The third-order valence-electron chi connectivity index (χ3n) is 4.41. The van der Waals surface area contributed by atoms with Gasteiger partial charge in [0.05, 0.1) is 5.92 Å². The van der Waals surface area contributed by atoms with Crippen molar-refractivity contribution in [3.8, 4) is 11.5 Å². The molecular formula is C18H18N2O4S. The van der Waals surface area contributed by atoms with Crippen molar-refractivity contribution in [2.45, 2.75) is 12.8 Å². The smallest absolute Gasteiger partial charge is 0.231 e. The van der Waals surface area contributed by atoms with Crippen molar-refractivity contribution in [2.24, 2.45) is 5.92 Å². The highest BCUT2D eigenvalue weighted by molar-refractivity contribution is 7.09. The van der Waals surface area contributed by atoms with Gasteiger partial charge in [-0.15, -0.1) is 11.3 Å². The average molecular weight is 358 g/mol. The molecule has 1 N–H and O–H groups in total. The molecule has 25 heavy (non-hydrogen) atoms. The summed E-state index contributed by atoms with van der Waals surface area (Å²) in [5, 5.41) is 4.97. The number of amides is 2. The number of hydrogen-bond donors (Lipinski definition) is 1. The van der Waals surface area contributed by atoms with Gasteiger partial charge in [0, 0.05) is 36.1 Å². The third kappa shape index (κ3) is 3.32. The minimum absolute atomic E-state index is 0.0442. The predicted octanol–water partition coefficient (Wildman–Crippen LogP) is 2.19. The van der Waals surface area contributed by atoms with Crippen LogP contribution in [0.4, 0.5) is 5.69 Å². The van der Waals surface area contributed by atoms with Crippen molar-refractivity contribution in [2.75, 3.05) is 24.8 Å². The number of thiophene rings is 1. The van der Waals surface area contributed by atoms with Crippen LogP contribution in [0, 0.1) is 5.92 Å². The zero-order valence-corrected chi connectivity index (χ0v) is 14.4. The number of nitrogens with zero attached hydrogens (tertiary/aromatic N) is 1. The van der Waals surface area contributed by atoms with Gasteiger partial charge >= 0.3 is 0 Å². The SMILES string of the molecule is O=C(NCCc1cccs1)C1CC(=O)N(c2ccc3c(c2)OCO3)C1. The zero-order chi connectivity index (χ0) is 17.2. The quantitative estimate of drug-likeness (QED) is 0.890. The maximum absolute atomic E-state index is 12.4. The van der Waals surface area contributed by atoms with E-state index >= 15 is 0 Å². The van der Waals surface area contributed by atoms with Gasteiger partial charge in [0.25, 0.3) is 0 Å². The Balaban J connectivity index is 1.35. The van der Waals surface area contributed by atoms with Crippen molar-refractivity contribution in [1.29, 1.82) is 0 Å². The van der Waals surface area contributed by atoms with Crippen LogP contribution in [-0.2, 0) is 16.0 Å². The Morgan fingerprint density at radius 3 is 3.00 bits per heavy atom. The van der Waals surface area contributed by atoms with Crippen molar-refractivity contribution in [3.63, 3.8) is 0 Å². The molecule has 2 aliphatic heterocycles. The van der Waals surface area contributed by atoms with Crippen molar-refractivity contribution in [1.82, 2.24) is 5.32 Å². The molecule has 0 bridgehead atoms. The number of benzene rings is 1. The van der Waals surface area contributed by atoms with E-state index in [1.807, 2.05) is 17.5 Å². The molecule has 130 valence electrons. The van der Waals surface area contributed by atoms with Crippen LogP contribution in [0.5, 0.6) is 11.5 Å². The number of carbonyl (C=O) groups excluding carboxylic acids is 2. The first-order valence-corrected chi connectivity index (χ1v) is 9.09. The van der Waals surface area contributed by atoms with E-state index in [9.17, 15) is 9.59 Å². The molecule has 1 saturated heterocycles. The largest absolute Gasteiger partial charge is 0.454 e. The van der Waals surface area contributed by atoms with Crippen LogP contribution in [0.3, 0.4) is 0 Å². The van der Waals surface area contributed by atoms with Gasteiger partial charge in [-0.25, -0.2) is 0 Å². The summed E-state index contributed by atoms with van der Waals surface area (Å²) >= 11 is 1.68. The van der Waals surface area contributed by atoms with Gasteiger partial charge in [0.1, 0.15) is 0 Å². The number of anilines is 1. The van der Waals surface area contributed by atoms with Crippen molar-refractivity contribution < 1.29 is 19.1 Å². The molecule has 4 rings (SSSR count). The summed E-state index contributed by atoms with van der Waals surface area (Å²) < 4.78 is 10.6. The van der Waals surface area contributed by atoms with Crippen LogP contribution in [-0.4, -0.2) is 31.7 Å². The highest BCUT2D eigenvalue weighted by atomic mass is 32.1. The molecular weight excluding hydrogens is 340 g/mol. The molecule has 0 radical (unpaired) electrons. The Labute approximate surface area is 149 Å². The van der Waals surface area contributed by atoms with Gasteiger partial charge in [-0.2, -0.15) is 0 Å². The first-order valence-electron chi connectivity index (χ1n) is 8.21. The van der Waals surface area contributed by atoms with E-state index < -0.39 is 0 Å². The molecule has 2 aromatic rings. The molecule has 1 atom stereocenters. The van der Waals surface area contributed by atoms with E-state index in [1.165, 1.54) is 4.88 Å². The summed E-state index contributed by atoms with van der Waals surface area (Å²) in [4.78, 5) is 27.6. The van der Waals surface area contributed by atoms with Gasteiger partial charge in [-0.1, -0.05) is 6.07 Å². The lowest BCUT2D eigenvalue weighted by molar-refractivity contribution is -0.126. The number of rotatable bonds is 5. The molecule has 0 saturated carbocycles. The maximum atomic E-state index is 12.4. The standard InChI is InChI=1S/C18H18N2O4S/c21-17-8-12(18(22)19-6-5-14-2-1-7-25-14)10-20(17)13-3-4-15-16(9-13)24-11-23-15/h1-4,7,9,12H,5-6,8,10-11H2,(H,19,22). The second kappa shape index (κ2) is 6.76. The maximum Gasteiger partial charge on any atom is 0.231 e. The minimum atomic E-state index is -0.318. The lowest BCUT2D eigenvalue weighted by atomic mass is 10.1. The fourth-order valence-corrected chi connectivity index (χ4v) is 3.80. The summed E-state index contributed by atoms with van der Waals surface area (Å²) in [5.74, 6) is 0.888. The molecule has 3 heterocycles. The van der Waals surface area contributed by atoms with E-state index in [4.69, 9.17) is 9.47 Å². The van der Waals surface area contributed by atoms with E-state index in [0.29, 0.717) is 24.6 Å². The molecule has 1 unspecified atom stereocenters. The summed E-state index contributed by atoms with van der Waals surface area (Å²) in [7, 11) is 0. The summed E-state index contributed by atoms with van der Waals surface area (Å²) in [6.07, 6.45) is 1.05. The third-order valence-corrected chi connectivity index (χ3v) is 5.35. The number of nitrogens with one attached hydrogen (secondary N) is 1. The van der Waals surface area contributed by atoms with Gasteiger partial charge < -0.3 is 19.7 Å². The molecule has 2 aliphatic rings. The van der Waals surface area contributed by atoms with E-state index in [-0.39, 0.29) is 30.9 Å². The average Bonchev–Trinajstić information content (AvgIpc) is 3.34. The predicted molar refractivity (Wildman–Crippen MR) is 94.1 cm³/mol. The fourth-order valence-electron chi connectivity index (χ4n) is 3.09. The highest BCUT2D eigenvalue weighted by Crippen LogP contribution is 2.37. The van der Waals surface area contributed by atoms with Crippen LogP contribution in [0.2, 0.25) is 0 Å². The topological polar surface area (TPSA) is 67.9 Å². The van der Waals surface area contributed by atoms with Gasteiger partial charge in [0.2, 0.25) is 18.6 Å². The van der Waals surface area contributed by atoms with E-state index in [1.54, 1.807) is 28.4 Å². The zero-order valence-electron chi connectivity index (χ0n) is 13.6. The Kier molecular flexibility index (Phi) is 4.31. The van der Waals surface area contributed by atoms with Crippen LogP contribution in [0.1, 0.15) is 11.3 Å². The van der Waals surface area contributed by atoms with E-state index in [2.05, 4.69) is 11.4 Å². The lowest BCUT2D eigenvalue weighted by Crippen LogP contribution is -2.34.